The summed E-state index contributed by atoms with van der Waals surface area (Å²) in [5.41, 5.74) is 6.45. The van der Waals surface area contributed by atoms with Crippen molar-refractivity contribution in [3.05, 3.63) is 124 Å². The molecular formula is C33H21N5. The van der Waals surface area contributed by atoms with Crippen molar-refractivity contribution in [2.45, 2.75) is 12.3 Å². The van der Waals surface area contributed by atoms with Gasteiger partial charge in [-0.15, -0.1) is 0 Å². The zero-order valence-corrected chi connectivity index (χ0v) is 20.4. The van der Waals surface area contributed by atoms with Crippen LogP contribution in [0, 0.1) is 0 Å². The van der Waals surface area contributed by atoms with E-state index in [9.17, 15) is 0 Å². The predicted octanol–water partition coefficient (Wildman–Crippen LogP) is 4.52. The van der Waals surface area contributed by atoms with Gasteiger partial charge in [0.15, 0.2) is 0 Å². The molecule has 5 heterocycles. The van der Waals surface area contributed by atoms with Gasteiger partial charge in [0.2, 0.25) is 0 Å². The zero-order valence-electron chi connectivity index (χ0n) is 20.4. The van der Waals surface area contributed by atoms with Crippen molar-refractivity contribution >= 4 is 56.0 Å². The van der Waals surface area contributed by atoms with Crippen molar-refractivity contribution in [2.75, 3.05) is 0 Å². The van der Waals surface area contributed by atoms with Gasteiger partial charge in [-0.05, 0) is 52.9 Å². The highest BCUT2D eigenvalue weighted by atomic mass is 15.2. The molecule has 2 atom stereocenters. The minimum atomic E-state index is -0.126. The smallest absolute Gasteiger partial charge is 0.146 e. The van der Waals surface area contributed by atoms with Crippen molar-refractivity contribution in [3.63, 3.8) is 0 Å². The Labute approximate surface area is 216 Å². The third-order valence-electron chi connectivity index (χ3n) is 7.94. The van der Waals surface area contributed by atoms with E-state index in [0.29, 0.717) is 0 Å². The number of para-hydroxylation sites is 4. The molecule has 0 fully saturated rings. The molecule has 2 aliphatic heterocycles. The Kier molecular flexibility index (Phi) is 3.84. The van der Waals surface area contributed by atoms with Gasteiger partial charge in [-0.1, -0.05) is 72.8 Å². The van der Waals surface area contributed by atoms with E-state index in [4.69, 9.17) is 15.0 Å². The van der Waals surface area contributed by atoms with Gasteiger partial charge in [-0.2, -0.15) is 0 Å². The highest BCUT2D eigenvalue weighted by Gasteiger charge is 2.24. The van der Waals surface area contributed by atoms with Crippen LogP contribution in [0.15, 0.2) is 113 Å². The molecular weight excluding hydrogens is 466 g/mol. The average Bonchev–Trinajstić information content (AvgIpc) is 3.71. The first kappa shape index (κ1) is 20.1. The number of benzene rings is 4. The minimum Gasteiger partial charge on any atom is -0.313 e. The lowest BCUT2D eigenvalue weighted by Crippen LogP contribution is -2.19. The summed E-state index contributed by atoms with van der Waals surface area (Å²) >= 11 is 0. The summed E-state index contributed by atoms with van der Waals surface area (Å²) in [7, 11) is 0. The molecule has 5 heteroatoms. The number of pyridine rings is 1. The molecule has 7 aromatic rings. The first-order chi connectivity index (χ1) is 18.8. The lowest BCUT2D eigenvalue weighted by molar-refractivity contribution is 0.701. The van der Waals surface area contributed by atoms with E-state index in [-0.39, 0.29) is 12.3 Å². The molecule has 0 radical (unpaired) electrons. The lowest BCUT2D eigenvalue weighted by Gasteiger charge is -2.13. The second-order valence-corrected chi connectivity index (χ2v) is 10.0. The summed E-state index contributed by atoms with van der Waals surface area (Å²) < 4.78 is 4.67. The quantitative estimate of drug-likeness (QED) is 0.354. The molecule has 0 bridgehead atoms. The van der Waals surface area contributed by atoms with Crippen molar-refractivity contribution in [3.8, 4) is 0 Å². The van der Waals surface area contributed by atoms with E-state index in [0.717, 1.165) is 54.6 Å². The number of hydrogen-bond donors (Lipinski definition) is 0. The highest BCUT2D eigenvalue weighted by Crippen LogP contribution is 2.38. The fourth-order valence-electron chi connectivity index (χ4n) is 6.29. The molecule has 2 unspecified atom stereocenters. The van der Waals surface area contributed by atoms with Crippen molar-refractivity contribution in [2.24, 2.45) is 9.98 Å². The number of hydrogen-bond acceptors (Lipinski definition) is 3. The predicted molar refractivity (Wildman–Crippen MR) is 152 cm³/mol. The summed E-state index contributed by atoms with van der Waals surface area (Å²) in [6, 6.07) is 36.1. The molecule has 0 spiro atoms. The van der Waals surface area contributed by atoms with Crippen LogP contribution in [0.3, 0.4) is 0 Å². The number of fused-ring (bicyclic) bond motifs is 8. The summed E-state index contributed by atoms with van der Waals surface area (Å²) in [6.07, 6.45) is 4.24. The molecule has 2 aliphatic rings. The molecule has 38 heavy (non-hydrogen) atoms. The number of nitrogens with zero attached hydrogens (tertiary/aromatic N) is 5. The van der Waals surface area contributed by atoms with Crippen molar-refractivity contribution < 1.29 is 0 Å². The second-order valence-electron chi connectivity index (χ2n) is 10.0. The Bertz CT molecular complexity index is 2140. The molecule has 0 N–H and O–H groups in total. The molecule has 0 aliphatic carbocycles. The summed E-state index contributed by atoms with van der Waals surface area (Å²) in [5.74, 6) is 0. The van der Waals surface area contributed by atoms with Crippen LogP contribution in [-0.4, -0.2) is 14.1 Å². The Morgan fingerprint density at radius 1 is 0.474 bits per heavy atom. The van der Waals surface area contributed by atoms with Crippen LogP contribution in [0.5, 0.6) is 0 Å². The normalized spacial score (nSPS) is 17.8. The monoisotopic (exact) mass is 487 g/mol. The van der Waals surface area contributed by atoms with E-state index in [2.05, 4.69) is 112 Å². The summed E-state index contributed by atoms with van der Waals surface area (Å²) in [4.78, 5) is 15.5. The fraction of sp³-hybridized carbons (Fsp3) is 0.0606. The van der Waals surface area contributed by atoms with Crippen LogP contribution in [0.2, 0.25) is 0 Å². The standard InChI is InChI=1S/C33H21N5/c1-5-13-24-20(9-1)17-30(34-24)37-26-15-7-3-11-22(26)32-28(37)19-29-33(36-32)23-12-4-8-16-27(23)38(29)31-18-21-10-2-6-14-25(21)35-31/h1-19,30-31H. The molecule has 4 aromatic carbocycles. The highest BCUT2D eigenvalue weighted by molar-refractivity contribution is 6.14. The first-order valence-electron chi connectivity index (χ1n) is 13.0. The van der Waals surface area contributed by atoms with E-state index in [1.54, 1.807) is 0 Å². The third kappa shape index (κ3) is 2.62. The molecule has 0 amide bonds. The number of rotatable bonds is 2. The van der Waals surface area contributed by atoms with E-state index < -0.39 is 0 Å². The molecule has 178 valence electrons. The molecule has 0 saturated carbocycles. The van der Waals surface area contributed by atoms with Crippen LogP contribution in [0.1, 0.15) is 12.3 Å². The fourth-order valence-corrected chi connectivity index (χ4v) is 6.29. The van der Waals surface area contributed by atoms with Crippen LogP contribution in [0.25, 0.3) is 56.0 Å². The van der Waals surface area contributed by atoms with E-state index >= 15 is 0 Å². The van der Waals surface area contributed by atoms with Gasteiger partial charge in [0, 0.05) is 10.8 Å². The first-order valence-corrected chi connectivity index (χ1v) is 13.0. The Hall–Kier alpha value is -5.03. The maximum absolute atomic E-state index is 5.36. The molecule has 3 aromatic heterocycles. The van der Waals surface area contributed by atoms with Crippen LogP contribution in [-0.2, 0) is 0 Å². The van der Waals surface area contributed by atoms with Gasteiger partial charge >= 0.3 is 0 Å². The SMILES string of the molecule is C1=c2ccccc2=NC1n1c2ccccc2c2nc3c4ccccc4n(C4C=c5ccccc5=N4)c3cc21. The topological polar surface area (TPSA) is 47.5 Å². The van der Waals surface area contributed by atoms with Crippen molar-refractivity contribution in [1.82, 2.24) is 14.1 Å². The molecule has 0 saturated heterocycles. The van der Waals surface area contributed by atoms with Crippen LogP contribution >= 0.6 is 0 Å². The lowest BCUT2D eigenvalue weighted by atomic mass is 10.2. The van der Waals surface area contributed by atoms with Gasteiger partial charge in [0.05, 0.1) is 43.8 Å². The van der Waals surface area contributed by atoms with Crippen LogP contribution in [0.4, 0.5) is 0 Å². The van der Waals surface area contributed by atoms with Gasteiger partial charge < -0.3 is 9.13 Å². The van der Waals surface area contributed by atoms with Crippen molar-refractivity contribution in [1.29, 1.82) is 0 Å². The van der Waals surface area contributed by atoms with Crippen LogP contribution < -0.4 is 21.2 Å². The molecule has 5 nitrogen and oxygen atoms in total. The van der Waals surface area contributed by atoms with Gasteiger partial charge in [-0.25, -0.2) is 4.98 Å². The van der Waals surface area contributed by atoms with Gasteiger partial charge in [-0.3, -0.25) is 9.98 Å². The molecule has 9 rings (SSSR count). The minimum absolute atomic E-state index is 0.126. The average molecular weight is 488 g/mol. The van der Waals surface area contributed by atoms with Gasteiger partial charge in [0.1, 0.15) is 12.3 Å². The second kappa shape index (κ2) is 7.26. The zero-order chi connectivity index (χ0) is 24.8. The summed E-state index contributed by atoms with van der Waals surface area (Å²) in [5, 5.41) is 6.69. The maximum Gasteiger partial charge on any atom is 0.146 e. The van der Waals surface area contributed by atoms with Gasteiger partial charge in [0.25, 0.3) is 0 Å². The maximum atomic E-state index is 5.36. The third-order valence-corrected chi connectivity index (χ3v) is 7.94. The Morgan fingerprint density at radius 3 is 1.42 bits per heavy atom. The van der Waals surface area contributed by atoms with E-state index in [1.807, 2.05) is 12.1 Å². The Balaban J connectivity index is 1.41. The van der Waals surface area contributed by atoms with E-state index in [1.165, 1.54) is 10.4 Å². The largest absolute Gasteiger partial charge is 0.313 e. The summed E-state index contributed by atoms with van der Waals surface area (Å²) in [6.45, 7) is 0. The number of aromatic nitrogens is 3. The Morgan fingerprint density at radius 2 is 0.921 bits per heavy atom.